The van der Waals surface area contributed by atoms with Crippen molar-refractivity contribution in [2.45, 2.75) is 13.0 Å². The van der Waals surface area contributed by atoms with Crippen LogP contribution in [0.25, 0.3) is 0 Å². The van der Waals surface area contributed by atoms with E-state index in [1.165, 1.54) is 0 Å². The van der Waals surface area contributed by atoms with Crippen LogP contribution in [0.5, 0.6) is 0 Å². The average molecular weight is 302 g/mol. The van der Waals surface area contributed by atoms with Gasteiger partial charge < -0.3 is 9.80 Å². The van der Waals surface area contributed by atoms with Gasteiger partial charge in [0.1, 0.15) is 10.8 Å². The van der Waals surface area contributed by atoms with Crippen molar-refractivity contribution in [1.29, 1.82) is 0 Å². The minimum absolute atomic E-state index is 0.149. The molecule has 19 heavy (non-hydrogen) atoms. The summed E-state index contributed by atoms with van der Waals surface area (Å²) in [5, 5.41) is 0.625. The number of amides is 1. The summed E-state index contributed by atoms with van der Waals surface area (Å²) in [7, 11) is 4.06. The van der Waals surface area contributed by atoms with Gasteiger partial charge in [-0.25, -0.2) is 4.98 Å². The summed E-state index contributed by atoms with van der Waals surface area (Å²) >= 11 is 11.9. The molecule has 2 heterocycles. The molecule has 1 fully saturated rings. The Balaban J connectivity index is 2.19. The van der Waals surface area contributed by atoms with E-state index in [0.717, 1.165) is 0 Å². The smallest absolute Gasteiger partial charge is 0.274 e. The maximum absolute atomic E-state index is 12.4. The van der Waals surface area contributed by atoms with Gasteiger partial charge in [-0.1, -0.05) is 30.1 Å². The van der Waals surface area contributed by atoms with E-state index in [1.54, 1.807) is 17.0 Å². The Morgan fingerprint density at radius 2 is 2.05 bits per heavy atom. The first-order valence-corrected chi connectivity index (χ1v) is 6.93. The van der Waals surface area contributed by atoms with Crippen LogP contribution in [0, 0.1) is 5.92 Å². The second-order valence-corrected chi connectivity index (χ2v) is 5.98. The number of halogens is 2. The lowest BCUT2D eigenvalue weighted by atomic mass is 10.1. The third kappa shape index (κ3) is 3.02. The molecule has 4 nitrogen and oxygen atoms in total. The fourth-order valence-electron chi connectivity index (χ4n) is 2.51. The summed E-state index contributed by atoms with van der Waals surface area (Å²) in [5.74, 6) is 0.278. The molecule has 1 aromatic heterocycles. The minimum atomic E-state index is -0.149. The summed E-state index contributed by atoms with van der Waals surface area (Å²) in [4.78, 5) is 20.4. The molecule has 2 rings (SSSR count). The van der Waals surface area contributed by atoms with Crippen LogP contribution in [-0.4, -0.2) is 53.9 Å². The average Bonchev–Trinajstić information content (AvgIpc) is 2.74. The monoisotopic (exact) mass is 301 g/mol. The Bertz CT molecular complexity index is 493. The zero-order chi connectivity index (χ0) is 14.2. The molecule has 0 aliphatic carbocycles. The predicted octanol–water partition coefficient (Wildman–Crippen LogP) is 2.41. The normalized spacial score (nSPS) is 23.2. The van der Waals surface area contributed by atoms with E-state index in [2.05, 4.69) is 16.8 Å². The number of likely N-dealkylation sites (N-methyl/N-ethyl adjacent to an activating group) is 1. The Labute approximate surface area is 123 Å². The Morgan fingerprint density at radius 3 is 2.63 bits per heavy atom. The van der Waals surface area contributed by atoms with E-state index in [4.69, 9.17) is 23.2 Å². The van der Waals surface area contributed by atoms with Gasteiger partial charge in [-0.2, -0.15) is 0 Å². The van der Waals surface area contributed by atoms with Gasteiger partial charge in [-0.05, 0) is 32.1 Å². The molecular weight excluding hydrogens is 285 g/mol. The van der Waals surface area contributed by atoms with Crippen molar-refractivity contribution in [3.05, 3.63) is 28.0 Å². The van der Waals surface area contributed by atoms with Gasteiger partial charge in [-0.15, -0.1) is 0 Å². The SMILES string of the molecule is CC1CN(C(=O)c2nc(Cl)ccc2Cl)CC1N(C)C. The fourth-order valence-corrected chi connectivity index (χ4v) is 2.84. The van der Waals surface area contributed by atoms with Crippen molar-refractivity contribution in [2.75, 3.05) is 27.2 Å². The molecule has 1 aliphatic rings. The highest BCUT2D eigenvalue weighted by atomic mass is 35.5. The summed E-state index contributed by atoms with van der Waals surface area (Å²) in [6, 6.07) is 3.55. The topological polar surface area (TPSA) is 36.4 Å². The molecule has 6 heteroatoms. The second kappa shape index (κ2) is 5.65. The number of carbonyl (C=O) groups is 1. The van der Waals surface area contributed by atoms with Gasteiger partial charge in [0.2, 0.25) is 0 Å². The Hall–Kier alpha value is -0.840. The summed E-state index contributed by atoms with van der Waals surface area (Å²) in [6.07, 6.45) is 0. The lowest BCUT2D eigenvalue weighted by molar-refractivity contribution is 0.0776. The van der Waals surface area contributed by atoms with E-state index in [9.17, 15) is 4.79 Å². The molecule has 0 saturated carbocycles. The van der Waals surface area contributed by atoms with Crippen molar-refractivity contribution < 1.29 is 4.79 Å². The van der Waals surface area contributed by atoms with Crippen LogP contribution in [0.15, 0.2) is 12.1 Å². The fraction of sp³-hybridized carbons (Fsp3) is 0.538. The number of rotatable bonds is 2. The van der Waals surface area contributed by atoms with Crippen LogP contribution in [0.3, 0.4) is 0 Å². The number of hydrogen-bond donors (Lipinski definition) is 0. The second-order valence-electron chi connectivity index (χ2n) is 5.18. The van der Waals surface area contributed by atoms with E-state index >= 15 is 0 Å². The Kier molecular flexibility index (Phi) is 4.33. The summed E-state index contributed by atoms with van der Waals surface area (Å²) in [5.41, 5.74) is 0.237. The molecule has 0 aromatic carbocycles. The van der Waals surface area contributed by atoms with Gasteiger partial charge >= 0.3 is 0 Å². The highest BCUT2D eigenvalue weighted by Gasteiger charge is 2.35. The molecule has 0 spiro atoms. The van der Waals surface area contributed by atoms with E-state index in [0.29, 0.717) is 30.1 Å². The minimum Gasteiger partial charge on any atom is -0.335 e. The summed E-state index contributed by atoms with van der Waals surface area (Å²) < 4.78 is 0. The lowest BCUT2D eigenvalue weighted by Gasteiger charge is -2.22. The zero-order valence-electron chi connectivity index (χ0n) is 11.2. The number of hydrogen-bond acceptors (Lipinski definition) is 3. The quantitative estimate of drug-likeness (QED) is 0.787. The molecular formula is C13H17Cl2N3O. The molecule has 0 N–H and O–H groups in total. The van der Waals surface area contributed by atoms with Crippen molar-refractivity contribution in [1.82, 2.24) is 14.8 Å². The molecule has 0 radical (unpaired) electrons. The number of carbonyl (C=O) groups excluding carboxylic acids is 1. The number of nitrogens with zero attached hydrogens (tertiary/aromatic N) is 3. The molecule has 1 saturated heterocycles. The van der Waals surface area contributed by atoms with Gasteiger partial charge in [0.25, 0.3) is 5.91 Å². The van der Waals surface area contributed by atoms with Gasteiger partial charge in [-0.3, -0.25) is 4.79 Å². The maximum Gasteiger partial charge on any atom is 0.274 e. The highest BCUT2D eigenvalue weighted by molar-refractivity contribution is 6.34. The van der Waals surface area contributed by atoms with E-state index in [-0.39, 0.29) is 16.8 Å². The molecule has 104 valence electrons. The first-order valence-electron chi connectivity index (χ1n) is 6.18. The first-order chi connectivity index (χ1) is 8.90. The molecule has 2 atom stereocenters. The number of likely N-dealkylation sites (tertiary alicyclic amines) is 1. The first kappa shape index (κ1) is 14.6. The van der Waals surface area contributed by atoms with Crippen LogP contribution in [-0.2, 0) is 0 Å². The van der Waals surface area contributed by atoms with E-state index in [1.807, 2.05) is 14.1 Å². The van der Waals surface area contributed by atoms with Crippen molar-refractivity contribution in [2.24, 2.45) is 5.92 Å². The maximum atomic E-state index is 12.4. The van der Waals surface area contributed by atoms with Crippen LogP contribution in [0.2, 0.25) is 10.2 Å². The van der Waals surface area contributed by atoms with E-state index < -0.39 is 0 Å². The number of aromatic nitrogens is 1. The van der Waals surface area contributed by atoms with Gasteiger partial charge in [0.15, 0.2) is 0 Å². The van der Waals surface area contributed by atoms with Crippen LogP contribution in [0.1, 0.15) is 17.4 Å². The Morgan fingerprint density at radius 1 is 1.37 bits per heavy atom. The molecule has 0 bridgehead atoms. The molecule has 1 aliphatic heterocycles. The predicted molar refractivity (Wildman–Crippen MR) is 76.8 cm³/mol. The number of pyridine rings is 1. The molecule has 1 amide bonds. The van der Waals surface area contributed by atoms with Crippen molar-refractivity contribution in [3.8, 4) is 0 Å². The van der Waals surface area contributed by atoms with Gasteiger partial charge in [0, 0.05) is 19.1 Å². The van der Waals surface area contributed by atoms with Crippen LogP contribution < -0.4 is 0 Å². The van der Waals surface area contributed by atoms with Gasteiger partial charge in [0.05, 0.1) is 5.02 Å². The summed E-state index contributed by atoms with van der Waals surface area (Å²) in [6.45, 7) is 3.55. The zero-order valence-corrected chi connectivity index (χ0v) is 12.7. The lowest BCUT2D eigenvalue weighted by Crippen LogP contribution is -2.36. The third-order valence-corrected chi connectivity index (χ3v) is 4.05. The van der Waals surface area contributed by atoms with Crippen LogP contribution in [0.4, 0.5) is 0 Å². The molecule has 1 aromatic rings. The van der Waals surface area contributed by atoms with Crippen LogP contribution >= 0.6 is 23.2 Å². The largest absolute Gasteiger partial charge is 0.335 e. The van der Waals surface area contributed by atoms with Crippen molar-refractivity contribution >= 4 is 29.1 Å². The third-order valence-electron chi connectivity index (χ3n) is 3.54. The molecule has 2 unspecified atom stereocenters. The van der Waals surface area contributed by atoms with Crippen molar-refractivity contribution in [3.63, 3.8) is 0 Å². The highest BCUT2D eigenvalue weighted by Crippen LogP contribution is 2.24. The standard InChI is InChI=1S/C13H17Cl2N3O/c1-8-6-18(7-10(8)17(2)3)13(19)12-9(14)4-5-11(15)16-12/h4-5,8,10H,6-7H2,1-3H3.